The van der Waals surface area contributed by atoms with E-state index in [1.54, 1.807) is 19.2 Å². The van der Waals surface area contributed by atoms with Crippen molar-refractivity contribution < 1.29 is 47.9 Å². The van der Waals surface area contributed by atoms with Crippen molar-refractivity contribution in [2.24, 2.45) is 40.3 Å². The van der Waals surface area contributed by atoms with Crippen LogP contribution in [0.1, 0.15) is 112 Å². The Morgan fingerprint density at radius 2 is 1.58 bits per heavy atom. The first-order valence-corrected chi connectivity index (χ1v) is 28.2. The lowest BCUT2D eigenvalue weighted by atomic mass is 9.83. The minimum atomic E-state index is -1.28. The predicted octanol–water partition coefficient (Wildman–Crippen LogP) is 1.68. The maximum atomic E-state index is 14.7. The highest BCUT2D eigenvalue weighted by atomic mass is 33.1. The molecule has 0 aromatic rings. The molecule has 11 atom stereocenters. The number of carbonyl (C=O) groups is 10. The van der Waals surface area contributed by atoms with Crippen LogP contribution in [-0.2, 0) is 47.9 Å². The predicted molar refractivity (Wildman–Crippen MR) is 280 cm³/mol. The topological polar surface area (TPSA) is 297 Å². The zero-order chi connectivity index (χ0) is 53.4. The molecule has 9 amide bonds. The minimum Gasteiger partial charge on any atom is -0.368 e. The van der Waals surface area contributed by atoms with Crippen LogP contribution in [0.4, 0.5) is 0 Å². The first-order valence-electron chi connectivity index (χ1n) is 25.7. The number of allylic oxidation sites excluding steroid dienone is 3. The van der Waals surface area contributed by atoms with Crippen LogP contribution >= 0.6 is 21.6 Å². The van der Waals surface area contributed by atoms with Crippen LogP contribution in [0.3, 0.4) is 0 Å². The lowest BCUT2D eigenvalue weighted by Gasteiger charge is -2.31. The third-order valence-corrected chi connectivity index (χ3v) is 16.3. The van der Waals surface area contributed by atoms with Crippen molar-refractivity contribution in [2.45, 2.75) is 161 Å². The summed E-state index contributed by atoms with van der Waals surface area (Å²) in [6.45, 7) is 10.9. The molecule has 2 aliphatic carbocycles. The molecule has 22 heteroatoms. The van der Waals surface area contributed by atoms with E-state index < -0.39 is 102 Å². The number of nitrogens with zero attached hydrogens (tertiary/aromatic N) is 2. The van der Waals surface area contributed by atoms with Gasteiger partial charge in [0.05, 0.1) is 12.6 Å². The number of hydrogen-bond acceptors (Lipinski definition) is 13. The highest BCUT2D eigenvalue weighted by Gasteiger charge is 2.40. The van der Waals surface area contributed by atoms with Gasteiger partial charge in [0.2, 0.25) is 53.2 Å². The SMILES string of the molecule is CCC(C)[C@H](NC(=O)[C@H](CC1C=NC2C=CC=CC12)NC(=O)[C@@H]1CSSCCC(=O)N2CCC[C@H]2C(=O)N[C@@H](CC2=CCC(=O)CC2)C(=O)NCC(=O)N[C@@H](CC(C)C)C(=O)N1)C(=O)N[C@@H](CC(C)C)C(N)=O. The Hall–Kier alpha value is -5.51. The van der Waals surface area contributed by atoms with Crippen LogP contribution in [-0.4, -0.2) is 143 Å². The number of Topliss-reactive ketones (excluding diaryl/α,β-unsaturated/α-hetero) is 1. The molecular formula is C51H76N10O10S2. The summed E-state index contributed by atoms with van der Waals surface area (Å²) in [6, 6.07) is -7.90. The van der Waals surface area contributed by atoms with Gasteiger partial charge in [-0.2, -0.15) is 0 Å². The van der Waals surface area contributed by atoms with Gasteiger partial charge in [0.1, 0.15) is 48.1 Å². The number of carbonyl (C=O) groups excluding carboxylic acids is 10. The number of hydrogen-bond donors (Lipinski definition) is 8. The Labute approximate surface area is 436 Å². The monoisotopic (exact) mass is 1050 g/mol. The summed E-state index contributed by atoms with van der Waals surface area (Å²) < 4.78 is 0. The van der Waals surface area contributed by atoms with Gasteiger partial charge in [-0.25, -0.2) is 0 Å². The minimum absolute atomic E-state index is 0.0246. The first kappa shape index (κ1) is 58.4. The number of nitrogens with one attached hydrogen (secondary N) is 7. The third-order valence-electron chi connectivity index (χ3n) is 13.8. The third kappa shape index (κ3) is 17.6. The highest BCUT2D eigenvalue weighted by Crippen LogP contribution is 2.32. The average Bonchev–Trinajstić information content (AvgIpc) is 4.01. The van der Waals surface area contributed by atoms with Crippen molar-refractivity contribution in [1.29, 1.82) is 0 Å². The molecule has 2 saturated heterocycles. The summed E-state index contributed by atoms with van der Waals surface area (Å²) in [7, 11) is 2.50. The van der Waals surface area contributed by atoms with Gasteiger partial charge in [-0.1, -0.05) is 106 Å². The average molecular weight is 1050 g/mol. The lowest BCUT2D eigenvalue weighted by molar-refractivity contribution is -0.139. The Morgan fingerprint density at radius 1 is 0.822 bits per heavy atom. The Bertz CT molecular complexity index is 2180. The largest absolute Gasteiger partial charge is 0.368 e. The van der Waals surface area contributed by atoms with Gasteiger partial charge in [0.15, 0.2) is 0 Å². The van der Waals surface area contributed by atoms with Gasteiger partial charge >= 0.3 is 0 Å². The van der Waals surface area contributed by atoms with Gasteiger partial charge in [0, 0.05) is 55.4 Å². The van der Waals surface area contributed by atoms with Crippen LogP contribution in [0.2, 0.25) is 0 Å². The second-order valence-electron chi connectivity index (χ2n) is 20.6. The highest BCUT2D eigenvalue weighted by molar-refractivity contribution is 8.76. The standard InChI is InChI=1S/C51H76N10O10S2/c1-7-30(6)44(51(71)56-36(45(52)65)21-28(2)3)60-48(68)39(24-32-25-53-35-12-9-8-11-34(32)35)57-49(69)40-27-73-72-20-18-43(64)61-19-10-13-41(61)50(70)58-38(23-31-14-16-33(62)17-15-31)46(66)54-26-42(63)55-37(22-29(4)5)47(67)59-40/h8-9,11-12,14,25,28-30,32,34-41,44H,7,10,13,15-24,26-27H2,1-6H3,(H2,52,65)(H,54,66)(H,55,63)(H,56,71)(H,57,69)(H,58,70)(H,59,67)(H,60,68)/t30?,32?,34?,35?,36-,37-,38-,39-,40-,41-,44-/m0/s1. The van der Waals surface area contributed by atoms with Crippen molar-refractivity contribution in [3.8, 4) is 0 Å². The Morgan fingerprint density at radius 3 is 2.26 bits per heavy atom. The zero-order valence-corrected chi connectivity index (χ0v) is 44.6. The summed E-state index contributed by atoms with van der Waals surface area (Å²) in [5, 5.41) is 19.4. The molecule has 9 N–H and O–H groups in total. The van der Waals surface area contributed by atoms with Gasteiger partial charge in [-0.3, -0.25) is 52.9 Å². The number of primary amides is 1. The number of nitrogens with two attached hydrogens (primary N) is 1. The second kappa shape index (κ2) is 28.2. The molecular weight excluding hydrogens is 977 g/mol. The van der Waals surface area contributed by atoms with E-state index in [-0.39, 0.29) is 91.4 Å². The molecule has 0 aromatic carbocycles. The van der Waals surface area contributed by atoms with Gasteiger partial charge in [0.25, 0.3) is 0 Å². The fourth-order valence-electron chi connectivity index (χ4n) is 9.56. The molecule has 4 unspecified atom stereocenters. The van der Waals surface area contributed by atoms with Crippen molar-refractivity contribution >= 4 is 86.8 Å². The van der Waals surface area contributed by atoms with E-state index in [0.717, 1.165) is 5.57 Å². The number of ketones is 1. The molecule has 3 heterocycles. The fraction of sp³-hybridized carbons (Fsp3) is 0.667. The van der Waals surface area contributed by atoms with E-state index in [1.165, 1.54) is 26.5 Å². The smallest absolute Gasteiger partial charge is 0.244 e. The molecule has 0 bridgehead atoms. The van der Waals surface area contributed by atoms with E-state index in [2.05, 4.69) is 42.2 Å². The van der Waals surface area contributed by atoms with Crippen molar-refractivity contribution in [2.75, 3.05) is 24.6 Å². The molecule has 0 saturated carbocycles. The zero-order valence-electron chi connectivity index (χ0n) is 42.9. The van der Waals surface area contributed by atoms with Crippen LogP contribution in [0.15, 0.2) is 40.9 Å². The van der Waals surface area contributed by atoms with Crippen molar-refractivity contribution in [1.82, 2.24) is 42.1 Å². The summed E-state index contributed by atoms with van der Waals surface area (Å²) in [5.41, 5.74) is 6.47. The van der Waals surface area contributed by atoms with E-state index >= 15 is 0 Å². The molecule has 73 heavy (non-hydrogen) atoms. The molecule has 20 nitrogen and oxygen atoms in total. The normalized spacial score (nSPS) is 27.0. The van der Waals surface area contributed by atoms with E-state index in [1.807, 2.05) is 58.9 Å². The second-order valence-corrected chi connectivity index (χ2v) is 23.2. The van der Waals surface area contributed by atoms with Gasteiger partial charge in [-0.05, 0) is 62.7 Å². The quantitative estimate of drug-likeness (QED) is 0.0763. The molecule has 5 rings (SSSR count). The molecule has 0 aromatic heterocycles. The van der Waals surface area contributed by atoms with Crippen LogP contribution in [0.5, 0.6) is 0 Å². The van der Waals surface area contributed by atoms with Gasteiger partial charge in [-0.15, -0.1) is 0 Å². The van der Waals surface area contributed by atoms with Crippen LogP contribution < -0.4 is 43.0 Å². The van der Waals surface area contributed by atoms with Crippen LogP contribution in [0.25, 0.3) is 0 Å². The molecule has 402 valence electrons. The van der Waals surface area contributed by atoms with E-state index in [4.69, 9.17) is 5.73 Å². The number of aliphatic imine (C=N–C) groups is 1. The maximum absolute atomic E-state index is 14.7. The summed E-state index contributed by atoms with van der Waals surface area (Å²) >= 11 is 0. The van der Waals surface area contributed by atoms with Gasteiger partial charge < -0.3 is 47.9 Å². The molecule has 0 spiro atoms. The van der Waals surface area contributed by atoms with E-state index in [9.17, 15) is 47.9 Å². The molecule has 5 aliphatic rings. The number of rotatable bonds is 17. The summed E-state index contributed by atoms with van der Waals surface area (Å²) in [6.07, 6.45) is 14.3. The first-order chi connectivity index (χ1) is 34.7. The molecule has 3 aliphatic heterocycles. The fourth-order valence-corrected chi connectivity index (χ4v) is 11.7. The molecule has 0 radical (unpaired) electrons. The number of fused-ring (bicyclic) bond motifs is 2. The summed E-state index contributed by atoms with van der Waals surface area (Å²) in [5.74, 6) is -6.16. The Kier molecular flexibility index (Phi) is 22.6. The number of amides is 9. The lowest BCUT2D eigenvalue weighted by Crippen LogP contribution is -2.61. The molecule has 2 fully saturated rings. The van der Waals surface area contributed by atoms with Crippen LogP contribution in [0, 0.1) is 29.6 Å². The Balaban J connectivity index is 1.41. The summed E-state index contributed by atoms with van der Waals surface area (Å²) in [4.78, 5) is 143. The van der Waals surface area contributed by atoms with Crippen molar-refractivity contribution in [3.05, 3.63) is 36.0 Å². The van der Waals surface area contributed by atoms with E-state index in [0.29, 0.717) is 38.6 Å². The maximum Gasteiger partial charge on any atom is 0.244 e. The van der Waals surface area contributed by atoms with Crippen molar-refractivity contribution in [3.63, 3.8) is 0 Å².